The third-order valence-corrected chi connectivity index (χ3v) is 6.94. The fraction of sp³-hybridized carbons (Fsp3) is 0.0667. The Balaban J connectivity index is 1.47. The van der Waals surface area contributed by atoms with E-state index in [9.17, 15) is 4.79 Å². The van der Waals surface area contributed by atoms with E-state index in [0.717, 1.165) is 31.3 Å². The Hall–Kier alpha value is -3.48. The highest BCUT2D eigenvalue weighted by Gasteiger charge is 2.32. The second kappa shape index (κ2) is 10.6. The molecule has 178 valence electrons. The molecule has 0 unspecified atom stereocenters. The molecule has 4 aromatic rings. The molecule has 1 aliphatic rings. The maximum Gasteiger partial charge on any atom is 0.281 e. The normalized spacial score (nSPS) is 14.3. The lowest BCUT2D eigenvalue weighted by molar-refractivity contribution is -0.114. The number of anilines is 1. The van der Waals surface area contributed by atoms with Crippen molar-refractivity contribution in [3.8, 4) is 5.75 Å². The van der Waals surface area contributed by atoms with Crippen LogP contribution in [0.1, 0.15) is 22.3 Å². The van der Waals surface area contributed by atoms with Gasteiger partial charge in [0, 0.05) is 5.56 Å². The number of para-hydroxylation sites is 1. The van der Waals surface area contributed by atoms with Crippen molar-refractivity contribution in [2.45, 2.75) is 13.5 Å². The number of carbonyl (C=O) groups excluding carboxylic acids is 1. The van der Waals surface area contributed by atoms with Gasteiger partial charge in [0.05, 0.1) is 20.2 Å². The Labute approximate surface area is 227 Å². The van der Waals surface area contributed by atoms with E-state index in [0.29, 0.717) is 23.6 Å². The molecule has 4 nitrogen and oxygen atoms in total. The molecule has 0 aromatic heterocycles. The van der Waals surface area contributed by atoms with Crippen LogP contribution in [0.5, 0.6) is 5.75 Å². The second-order valence-corrected chi connectivity index (χ2v) is 10.1. The molecule has 0 fully saturated rings. The molecule has 0 atom stereocenters. The van der Waals surface area contributed by atoms with E-state index < -0.39 is 0 Å². The zero-order chi connectivity index (χ0) is 25.1. The molecule has 6 heteroatoms. The molecule has 0 saturated carbocycles. The van der Waals surface area contributed by atoms with Gasteiger partial charge in [0.2, 0.25) is 0 Å². The molecule has 1 heterocycles. The first-order chi connectivity index (χ1) is 17.5. The molecule has 1 amide bonds. The number of hydrazone groups is 1. The van der Waals surface area contributed by atoms with Gasteiger partial charge in [-0.1, -0.05) is 78.4 Å². The van der Waals surface area contributed by atoms with E-state index in [-0.39, 0.29) is 5.91 Å². The van der Waals surface area contributed by atoms with Crippen LogP contribution in [-0.4, -0.2) is 11.6 Å². The largest absolute Gasteiger partial charge is 0.487 e. The molecule has 0 radical (unpaired) electrons. The zero-order valence-electron chi connectivity index (χ0n) is 19.5. The average Bonchev–Trinajstić information content (AvgIpc) is 3.21. The maximum absolute atomic E-state index is 13.5. The smallest absolute Gasteiger partial charge is 0.281 e. The molecule has 0 aliphatic carbocycles. The van der Waals surface area contributed by atoms with Crippen LogP contribution in [0, 0.1) is 6.92 Å². The van der Waals surface area contributed by atoms with E-state index in [1.165, 1.54) is 10.6 Å². The van der Waals surface area contributed by atoms with Gasteiger partial charge in [0.15, 0.2) is 0 Å². The first kappa shape index (κ1) is 24.2. The molecule has 0 saturated heterocycles. The summed E-state index contributed by atoms with van der Waals surface area (Å²) in [6, 6.07) is 31.4. The highest BCUT2D eigenvalue weighted by molar-refractivity contribution is 9.11. The number of halogens is 2. The fourth-order valence-corrected chi connectivity index (χ4v) is 5.36. The Morgan fingerprint density at radius 2 is 1.47 bits per heavy atom. The van der Waals surface area contributed by atoms with Gasteiger partial charge in [0.25, 0.3) is 5.91 Å². The van der Waals surface area contributed by atoms with Gasteiger partial charge in [-0.3, -0.25) is 4.79 Å². The van der Waals surface area contributed by atoms with Gasteiger partial charge in [-0.05, 0) is 80.3 Å². The first-order valence-corrected chi connectivity index (χ1v) is 13.0. The van der Waals surface area contributed by atoms with E-state index in [4.69, 9.17) is 9.84 Å². The Morgan fingerprint density at radius 3 is 2.11 bits per heavy atom. The van der Waals surface area contributed by atoms with Crippen molar-refractivity contribution < 1.29 is 9.53 Å². The van der Waals surface area contributed by atoms with Crippen LogP contribution >= 0.6 is 31.9 Å². The number of hydrogen-bond acceptors (Lipinski definition) is 3. The van der Waals surface area contributed by atoms with Crippen LogP contribution < -0.4 is 9.75 Å². The van der Waals surface area contributed by atoms with Gasteiger partial charge in [-0.2, -0.15) is 10.1 Å². The summed E-state index contributed by atoms with van der Waals surface area (Å²) in [7, 11) is 0. The minimum atomic E-state index is -0.174. The summed E-state index contributed by atoms with van der Waals surface area (Å²) in [6.07, 6.45) is 1.87. The minimum Gasteiger partial charge on any atom is -0.487 e. The van der Waals surface area contributed by atoms with E-state index in [2.05, 4.69) is 63.0 Å². The fourth-order valence-electron chi connectivity index (χ4n) is 3.91. The van der Waals surface area contributed by atoms with Crippen LogP contribution in [0.3, 0.4) is 0 Å². The van der Waals surface area contributed by atoms with Crippen molar-refractivity contribution in [1.82, 2.24) is 0 Å². The lowest BCUT2D eigenvalue weighted by Crippen LogP contribution is -2.21. The number of aryl methyl sites for hydroxylation is 1. The first-order valence-electron chi connectivity index (χ1n) is 11.4. The Bertz CT molecular complexity index is 1440. The summed E-state index contributed by atoms with van der Waals surface area (Å²) < 4.78 is 7.67. The number of carbonyl (C=O) groups is 1. The van der Waals surface area contributed by atoms with E-state index in [1.807, 2.05) is 78.9 Å². The number of rotatable bonds is 6. The molecule has 0 N–H and O–H groups in total. The topological polar surface area (TPSA) is 41.9 Å². The number of benzene rings is 4. The third kappa shape index (κ3) is 5.20. The van der Waals surface area contributed by atoms with E-state index >= 15 is 0 Å². The zero-order valence-corrected chi connectivity index (χ0v) is 22.7. The highest BCUT2D eigenvalue weighted by Crippen LogP contribution is 2.37. The van der Waals surface area contributed by atoms with Crippen molar-refractivity contribution in [3.63, 3.8) is 0 Å². The lowest BCUT2D eigenvalue weighted by atomic mass is 10.0. The number of nitrogens with zero attached hydrogens (tertiary/aromatic N) is 2. The summed E-state index contributed by atoms with van der Waals surface area (Å²) in [4.78, 5) is 13.5. The van der Waals surface area contributed by atoms with Crippen LogP contribution in [0.2, 0.25) is 0 Å². The van der Waals surface area contributed by atoms with Crippen LogP contribution in [0.4, 0.5) is 5.69 Å². The summed E-state index contributed by atoms with van der Waals surface area (Å²) in [5.41, 5.74) is 5.91. The van der Waals surface area contributed by atoms with Gasteiger partial charge < -0.3 is 4.74 Å². The molecule has 0 bridgehead atoms. The lowest BCUT2D eigenvalue weighted by Gasteiger charge is -2.12. The second-order valence-electron chi connectivity index (χ2n) is 8.41. The van der Waals surface area contributed by atoms with Gasteiger partial charge in [-0.25, -0.2) is 0 Å². The molecular weight excluding hydrogens is 580 g/mol. The van der Waals surface area contributed by atoms with Crippen molar-refractivity contribution in [3.05, 3.63) is 134 Å². The Kier molecular flexibility index (Phi) is 7.16. The SMILES string of the molecule is Cc1ccc(COc2c(Br)cc(/C=C3\C(=O)N(c4ccccc4)N=C3c3ccccc3)cc2Br)cc1. The molecule has 4 aromatic carbocycles. The molecule has 36 heavy (non-hydrogen) atoms. The van der Waals surface area contributed by atoms with Crippen molar-refractivity contribution >= 4 is 55.2 Å². The summed E-state index contributed by atoms with van der Waals surface area (Å²) in [5.74, 6) is 0.533. The van der Waals surface area contributed by atoms with Gasteiger partial charge in [-0.15, -0.1) is 0 Å². The minimum absolute atomic E-state index is 0.174. The van der Waals surface area contributed by atoms with Crippen molar-refractivity contribution in [2.75, 3.05) is 5.01 Å². The van der Waals surface area contributed by atoms with Gasteiger partial charge in [0.1, 0.15) is 18.1 Å². The van der Waals surface area contributed by atoms with Crippen LogP contribution in [0.15, 0.2) is 117 Å². The molecule has 5 rings (SSSR count). The average molecular weight is 602 g/mol. The molecule has 1 aliphatic heterocycles. The van der Waals surface area contributed by atoms with Crippen LogP contribution in [0.25, 0.3) is 6.08 Å². The van der Waals surface area contributed by atoms with E-state index in [1.54, 1.807) is 0 Å². The predicted octanol–water partition coefficient (Wildman–Crippen LogP) is 7.93. The maximum atomic E-state index is 13.5. The quantitative estimate of drug-likeness (QED) is 0.211. The van der Waals surface area contributed by atoms with Crippen molar-refractivity contribution in [2.24, 2.45) is 5.10 Å². The number of hydrogen-bond donors (Lipinski definition) is 0. The standard InChI is InChI=1S/C30H22Br2N2O2/c1-20-12-14-21(15-13-20)19-36-29-26(31)17-22(18-27(29)32)16-25-28(23-8-4-2-5-9-23)33-34(30(25)35)24-10-6-3-7-11-24/h2-18H,19H2,1H3/b25-16-. The molecular formula is C30H22Br2N2O2. The van der Waals surface area contributed by atoms with Crippen molar-refractivity contribution in [1.29, 1.82) is 0 Å². The number of ether oxygens (including phenoxy) is 1. The van der Waals surface area contributed by atoms with Crippen LogP contribution in [-0.2, 0) is 11.4 Å². The number of amides is 1. The highest BCUT2D eigenvalue weighted by atomic mass is 79.9. The monoisotopic (exact) mass is 600 g/mol. The third-order valence-electron chi connectivity index (χ3n) is 5.76. The predicted molar refractivity (Wildman–Crippen MR) is 152 cm³/mol. The Morgan fingerprint density at radius 1 is 0.861 bits per heavy atom. The summed E-state index contributed by atoms with van der Waals surface area (Å²) in [5, 5.41) is 6.16. The summed E-state index contributed by atoms with van der Waals surface area (Å²) >= 11 is 7.29. The molecule has 0 spiro atoms. The van der Waals surface area contributed by atoms with Gasteiger partial charge >= 0.3 is 0 Å². The summed E-state index contributed by atoms with van der Waals surface area (Å²) in [6.45, 7) is 2.51.